The minimum Gasteiger partial charge on any atom is -0.493 e. The molecule has 0 saturated heterocycles. The van der Waals surface area contributed by atoms with Crippen molar-refractivity contribution in [3.8, 4) is 34.3 Å². The fourth-order valence-corrected chi connectivity index (χ4v) is 2.24. The molecule has 8 heteroatoms. The van der Waals surface area contributed by atoms with Crippen molar-refractivity contribution in [2.24, 2.45) is 0 Å². The van der Waals surface area contributed by atoms with Crippen LogP contribution in [-0.2, 0) is 0 Å². The smallest absolute Gasteiger partial charge is 0.269 e. The van der Waals surface area contributed by atoms with Crippen LogP contribution in [0.5, 0.6) is 11.5 Å². The van der Waals surface area contributed by atoms with Gasteiger partial charge in [-0.05, 0) is 30.3 Å². The molecule has 3 rings (SSSR count). The molecular formula is C16H14N4O4. The maximum atomic E-state index is 10.7. The first-order valence-electron chi connectivity index (χ1n) is 7.02. The maximum absolute atomic E-state index is 10.7. The number of nitro benzene ring substituents is 1. The van der Waals surface area contributed by atoms with Gasteiger partial charge < -0.3 is 9.47 Å². The number of aromatic amines is 1. The first kappa shape index (κ1) is 15.5. The van der Waals surface area contributed by atoms with Gasteiger partial charge in [0.05, 0.1) is 19.1 Å². The maximum Gasteiger partial charge on any atom is 0.269 e. The summed E-state index contributed by atoms with van der Waals surface area (Å²) in [5, 5.41) is 17.7. The molecule has 1 heterocycles. The van der Waals surface area contributed by atoms with Crippen LogP contribution < -0.4 is 9.47 Å². The molecule has 1 aromatic heterocycles. The highest BCUT2D eigenvalue weighted by Crippen LogP contribution is 2.31. The summed E-state index contributed by atoms with van der Waals surface area (Å²) in [6.45, 7) is 0. The molecule has 0 atom stereocenters. The average Bonchev–Trinajstić information content (AvgIpc) is 3.11. The Morgan fingerprint density at radius 1 is 1.00 bits per heavy atom. The van der Waals surface area contributed by atoms with Crippen LogP contribution in [0.4, 0.5) is 5.69 Å². The zero-order chi connectivity index (χ0) is 17.1. The number of rotatable bonds is 5. The predicted octanol–water partition coefficient (Wildman–Crippen LogP) is 3.06. The van der Waals surface area contributed by atoms with E-state index in [4.69, 9.17) is 9.47 Å². The van der Waals surface area contributed by atoms with Crippen molar-refractivity contribution in [2.75, 3.05) is 14.2 Å². The van der Waals surface area contributed by atoms with Crippen LogP contribution >= 0.6 is 0 Å². The van der Waals surface area contributed by atoms with Gasteiger partial charge in [0.25, 0.3) is 5.69 Å². The van der Waals surface area contributed by atoms with Crippen LogP contribution in [0, 0.1) is 10.1 Å². The van der Waals surface area contributed by atoms with Crippen molar-refractivity contribution in [2.45, 2.75) is 0 Å². The van der Waals surface area contributed by atoms with E-state index in [2.05, 4.69) is 15.2 Å². The number of nitro groups is 1. The zero-order valence-electron chi connectivity index (χ0n) is 13.0. The lowest BCUT2D eigenvalue weighted by atomic mass is 10.2. The number of non-ortho nitro benzene ring substituents is 1. The summed E-state index contributed by atoms with van der Waals surface area (Å²) in [5.74, 6) is 2.21. The van der Waals surface area contributed by atoms with Crippen LogP contribution in [0.3, 0.4) is 0 Å². The van der Waals surface area contributed by atoms with E-state index in [0.717, 1.165) is 5.56 Å². The van der Waals surface area contributed by atoms with E-state index in [1.165, 1.54) is 12.1 Å². The number of nitrogens with one attached hydrogen (secondary N) is 1. The molecule has 0 amide bonds. The van der Waals surface area contributed by atoms with Gasteiger partial charge in [0, 0.05) is 23.3 Å². The number of nitrogens with zero attached hydrogens (tertiary/aromatic N) is 3. The van der Waals surface area contributed by atoms with Crippen LogP contribution in [0.25, 0.3) is 22.8 Å². The van der Waals surface area contributed by atoms with Crippen molar-refractivity contribution in [3.05, 3.63) is 52.6 Å². The number of hydrogen-bond acceptors (Lipinski definition) is 6. The molecule has 0 aliphatic heterocycles. The summed E-state index contributed by atoms with van der Waals surface area (Å²) in [5.41, 5.74) is 1.50. The number of ether oxygens (including phenoxy) is 2. The fraction of sp³-hybridized carbons (Fsp3) is 0.125. The largest absolute Gasteiger partial charge is 0.493 e. The molecule has 122 valence electrons. The van der Waals surface area contributed by atoms with Crippen molar-refractivity contribution in [1.29, 1.82) is 0 Å². The lowest BCUT2D eigenvalue weighted by molar-refractivity contribution is -0.384. The van der Waals surface area contributed by atoms with E-state index in [1.54, 1.807) is 38.5 Å². The summed E-state index contributed by atoms with van der Waals surface area (Å²) in [7, 11) is 3.12. The summed E-state index contributed by atoms with van der Waals surface area (Å²) >= 11 is 0. The van der Waals surface area contributed by atoms with Gasteiger partial charge in [0.2, 0.25) is 0 Å². The molecule has 0 radical (unpaired) electrons. The lowest BCUT2D eigenvalue weighted by Gasteiger charge is -2.07. The summed E-state index contributed by atoms with van der Waals surface area (Å²) in [6.07, 6.45) is 0. The minimum atomic E-state index is -0.445. The summed E-state index contributed by atoms with van der Waals surface area (Å²) in [6, 6.07) is 11.5. The van der Waals surface area contributed by atoms with Crippen LogP contribution in [0.2, 0.25) is 0 Å². The first-order chi connectivity index (χ1) is 11.6. The van der Waals surface area contributed by atoms with Crippen molar-refractivity contribution < 1.29 is 14.4 Å². The number of H-pyrrole nitrogens is 1. The number of methoxy groups -OCH3 is 2. The third kappa shape index (κ3) is 2.89. The predicted molar refractivity (Wildman–Crippen MR) is 87.0 cm³/mol. The molecule has 8 nitrogen and oxygen atoms in total. The molecule has 0 unspecified atom stereocenters. The highest BCUT2D eigenvalue weighted by Gasteiger charge is 2.12. The van der Waals surface area contributed by atoms with Gasteiger partial charge in [-0.1, -0.05) is 0 Å². The van der Waals surface area contributed by atoms with E-state index in [9.17, 15) is 10.1 Å². The second kappa shape index (κ2) is 6.37. The molecular weight excluding hydrogens is 312 g/mol. The normalized spacial score (nSPS) is 10.4. The Kier molecular flexibility index (Phi) is 4.11. The Morgan fingerprint density at radius 2 is 1.67 bits per heavy atom. The Morgan fingerprint density at radius 3 is 2.29 bits per heavy atom. The molecule has 24 heavy (non-hydrogen) atoms. The SMILES string of the molecule is COc1ccc(-c2n[nH]c(-c3ccc([N+](=O)[O-])cc3)n2)cc1OC. The second-order valence-corrected chi connectivity index (χ2v) is 4.88. The van der Waals surface area contributed by atoms with E-state index in [0.29, 0.717) is 28.7 Å². The lowest BCUT2D eigenvalue weighted by Crippen LogP contribution is -1.91. The van der Waals surface area contributed by atoms with Crippen molar-refractivity contribution in [1.82, 2.24) is 15.2 Å². The molecule has 1 N–H and O–H groups in total. The van der Waals surface area contributed by atoms with Gasteiger partial charge in [0.1, 0.15) is 0 Å². The molecule has 0 saturated carbocycles. The van der Waals surface area contributed by atoms with E-state index in [1.807, 2.05) is 6.07 Å². The fourth-order valence-electron chi connectivity index (χ4n) is 2.24. The Bertz CT molecular complexity index is 874. The monoisotopic (exact) mass is 326 g/mol. The molecule has 0 spiro atoms. The molecule has 0 aliphatic rings. The Balaban J connectivity index is 1.91. The number of benzene rings is 2. The number of hydrogen-bond donors (Lipinski definition) is 1. The zero-order valence-corrected chi connectivity index (χ0v) is 13.0. The summed E-state index contributed by atoms with van der Waals surface area (Å²) in [4.78, 5) is 14.7. The Hall–Kier alpha value is -3.42. The standard InChI is InChI=1S/C16H14N4O4/c1-23-13-8-5-11(9-14(13)24-2)16-17-15(18-19-16)10-3-6-12(7-4-10)20(21)22/h3-9H,1-2H3,(H,17,18,19). The highest BCUT2D eigenvalue weighted by atomic mass is 16.6. The molecule has 0 fully saturated rings. The third-order valence-electron chi connectivity index (χ3n) is 3.48. The van der Waals surface area contributed by atoms with Crippen molar-refractivity contribution in [3.63, 3.8) is 0 Å². The summed E-state index contributed by atoms with van der Waals surface area (Å²) < 4.78 is 10.5. The quantitative estimate of drug-likeness (QED) is 0.571. The van der Waals surface area contributed by atoms with Gasteiger partial charge in [-0.3, -0.25) is 15.2 Å². The molecule has 2 aromatic carbocycles. The minimum absolute atomic E-state index is 0.0263. The van der Waals surface area contributed by atoms with Gasteiger partial charge in [0.15, 0.2) is 23.1 Å². The third-order valence-corrected chi connectivity index (χ3v) is 3.48. The van der Waals surface area contributed by atoms with Crippen LogP contribution in [0.15, 0.2) is 42.5 Å². The van der Waals surface area contributed by atoms with Crippen molar-refractivity contribution >= 4 is 5.69 Å². The average molecular weight is 326 g/mol. The number of aromatic nitrogens is 3. The molecule has 3 aromatic rings. The van der Waals surface area contributed by atoms with E-state index in [-0.39, 0.29) is 5.69 Å². The van der Waals surface area contributed by atoms with Gasteiger partial charge in [-0.2, -0.15) is 5.10 Å². The van der Waals surface area contributed by atoms with Gasteiger partial charge in [-0.15, -0.1) is 0 Å². The Labute approximate surface area is 137 Å². The van der Waals surface area contributed by atoms with E-state index < -0.39 is 4.92 Å². The van der Waals surface area contributed by atoms with Crippen LogP contribution in [0.1, 0.15) is 0 Å². The second-order valence-electron chi connectivity index (χ2n) is 4.88. The van der Waals surface area contributed by atoms with Crippen LogP contribution in [-0.4, -0.2) is 34.3 Å². The molecule has 0 bridgehead atoms. The van der Waals surface area contributed by atoms with E-state index >= 15 is 0 Å². The van der Waals surface area contributed by atoms with Gasteiger partial charge >= 0.3 is 0 Å². The molecule has 0 aliphatic carbocycles. The topological polar surface area (TPSA) is 103 Å². The van der Waals surface area contributed by atoms with Gasteiger partial charge in [-0.25, -0.2) is 4.98 Å². The first-order valence-corrected chi connectivity index (χ1v) is 7.02. The highest BCUT2D eigenvalue weighted by molar-refractivity contribution is 5.64.